The minimum atomic E-state index is -3.78. The Labute approximate surface area is 378 Å². The molecule has 0 aliphatic carbocycles. The first-order valence-electron chi connectivity index (χ1n) is 21.1. The van der Waals surface area contributed by atoms with E-state index in [9.17, 15) is 16.8 Å². The Morgan fingerprint density at radius 2 is 0.891 bits per heavy atom. The van der Waals surface area contributed by atoms with Crippen LogP contribution in [0.5, 0.6) is 0 Å². The van der Waals surface area contributed by atoms with Gasteiger partial charge in [-0.3, -0.25) is 4.99 Å². The third-order valence-electron chi connectivity index (χ3n) is 10.5. The lowest BCUT2D eigenvalue weighted by Crippen LogP contribution is -2.24. The van der Waals surface area contributed by atoms with Crippen molar-refractivity contribution in [3.8, 4) is 0 Å². The maximum atomic E-state index is 13.9. The van der Waals surface area contributed by atoms with E-state index in [4.69, 9.17) is 4.99 Å². The minimum Gasteiger partial charge on any atom is -0.358 e. The van der Waals surface area contributed by atoms with E-state index in [1.165, 1.54) is 0 Å². The van der Waals surface area contributed by atoms with Gasteiger partial charge in [-0.25, -0.2) is 16.8 Å². The Morgan fingerprint density at radius 1 is 0.469 bits per heavy atom. The molecule has 0 saturated carbocycles. The standard InChI is InChI=1S/2C28H25NO2S/c2*1-22-17-19-25(20-18-22)29-27(21-23-11-5-2-6-12-23)28(24-13-7-3-8-14-24)32(30,31)26-15-9-4-10-16-26/h2-20,29H,21H2,1H3;2-20,28H,21H2,1H3/b28-27-;. The number of benzene rings is 8. The summed E-state index contributed by atoms with van der Waals surface area (Å²) in [5.74, 6) is 0. The second kappa shape index (κ2) is 21.3. The number of aryl methyl sites for hydroxylation is 2. The molecular formula is C56H50N2O4S2. The first kappa shape index (κ1) is 44.9. The van der Waals surface area contributed by atoms with E-state index in [-0.39, 0.29) is 9.80 Å². The second-order valence-electron chi connectivity index (χ2n) is 15.4. The normalized spacial score (nSPS) is 12.6. The van der Waals surface area contributed by atoms with Gasteiger partial charge in [-0.2, -0.15) is 0 Å². The lowest BCUT2D eigenvalue weighted by atomic mass is 10.0. The molecule has 0 bridgehead atoms. The zero-order valence-electron chi connectivity index (χ0n) is 35.8. The Bertz CT molecular complexity index is 3000. The van der Waals surface area contributed by atoms with Gasteiger partial charge in [0.2, 0.25) is 9.84 Å². The topological polar surface area (TPSA) is 92.7 Å². The van der Waals surface area contributed by atoms with E-state index in [1.54, 1.807) is 48.5 Å². The van der Waals surface area contributed by atoms with Gasteiger partial charge in [0, 0.05) is 29.9 Å². The van der Waals surface area contributed by atoms with Crippen LogP contribution >= 0.6 is 0 Å². The first-order chi connectivity index (χ1) is 31.1. The van der Waals surface area contributed by atoms with Crippen LogP contribution in [0.2, 0.25) is 0 Å². The van der Waals surface area contributed by atoms with Crippen LogP contribution in [0.25, 0.3) is 4.91 Å². The minimum absolute atomic E-state index is 0.273. The van der Waals surface area contributed by atoms with Gasteiger partial charge in [0.25, 0.3) is 0 Å². The fraction of sp³-hybridized carbons (Fsp3) is 0.0893. The second-order valence-corrected chi connectivity index (χ2v) is 19.3. The fourth-order valence-electron chi connectivity index (χ4n) is 7.30. The van der Waals surface area contributed by atoms with E-state index in [0.717, 1.165) is 33.6 Å². The largest absolute Gasteiger partial charge is 0.358 e. The summed E-state index contributed by atoms with van der Waals surface area (Å²) in [4.78, 5) is 5.75. The van der Waals surface area contributed by atoms with E-state index in [1.807, 2.05) is 196 Å². The quantitative estimate of drug-likeness (QED) is 0.110. The average Bonchev–Trinajstić information content (AvgIpc) is 3.32. The summed E-state index contributed by atoms with van der Waals surface area (Å²) in [6, 6.07) is 71.5. The van der Waals surface area contributed by atoms with E-state index in [2.05, 4.69) is 5.32 Å². The molecule has 0 saturated heterocycles. The van der Waals surface area contributed by atoms with Gasteiger partial charge in [-0.15, -0.1) is 0 Å². The van der Waals surface area contributed by atoms with E-state index in [0.29, 0.717) is 40.3 Å². The van der Waals surface area contributed by atoms with Gasteiger partial charge in [-0.05, 0) is 84.6 Å². The lowest BCUT2D eigenvalue weighted by Gasteiger charge is -2.21. The molecule has 0 spiro atoms. The molecule has 1 atom stereocenters. The molecule has 0 aliphatic rings. The molecule has 8 rings (SSSR count). The molecule has 8 heteroatoms. The number of allylic oxidation sites excluding steroid dienone is 1. The molecule has 0 fully saturated rings. The molecule has 64 heavy (non-hydrogen) atoms. The van der Waals surface area contributed by atoms with Crippen LogP contribution in [0.4, 0.5) is 11.4 Å². The van der Waals surface area contributed by atoms with Crippen LogP contribution in [0.15, 0.2) is 251 Å². The molecule has 1 unspecified atom stereocenters. The van der Waals surface area contributed by atoms with Crippen molar-refractivity contribution in [3.63, 3.8) is 0 Å². The Kier molecular flexibility index (Phi) is 14.9. The van der Waals surface area contributed by atoms with Crippen LogP contribution < -0.4 is 5.32 Å². The summed E-state index contributed by atoms with van der Waals surface area (Å²) >= 11 is 0. The van der Waals surface area contributed by atoms with Crippen molar-refractivity contribution < 1.29 is 16.8 Å². The summed E-state index contributed by atoms with van der Waals surface area (Å²) in [5, 5.41) is 2.53. The molecule has 0 amide bonds. The molecule has 8 aromatic rings. The van der Waals surface area contributed by atoms with Crippen molar-refractivity contribution in [3.05, 3.63) is 270 Å². The van der Waals surface area contributed by atoms with Crippen molar-refractivity contribution >= 4 is 41.7 Å². The van der Waals surface area contributed by atoms with Gasteiger partial charge in [0.05, 0.1) is 20.4 Å². The summed E-state index contributed by atoms with van der Waals surface area (Å²) in [5.41, 5.74) is 8.49. The predicted molar refractivity (Wildman–Crippen MR) is 263 cm³/mol. The fourth-order valence-corrected chi connectivity index (χ4v) is 10.8. The lowest BCUT2D eigenvalue weighted by molar-refractivity contribution is 0.591. The van der Waals surface area contributed by atoms with Crippen LogP contribution in [0, 0.1) is 13.8 Å². The van der Waals surface area contributed by atoms with Crippen molar-refractivity contribution in [2.45, 2.75) is 41.7 Å². The van der Waals surface area contributed by atoms with Crippen LogP contribution in [0.3, 0.4) is 0 Å². The van der Waals surface area contributed by atoms with Gasteiger partial charge in [0.15, 0.2) is 9.84 Å². The highest BCUT2D eigenvalue weighted by Crippen LogP contribution is 2.35. The third kappa shape index (κ3) is 11.7. The number of nitrogens with zero attached hydrogens (tertiary/aromatic N) is 1. The summed E-state index contributed by atoms with van der Waals surface area (Å²) in [7, 11) is -7.52. The van der Waals surface area contributed by atoms with Crippen molar-refractivity contribution in [1.82, 2.24) is 0 Å². The average molecular weight is 879 g/mol. The van der Waals surface area contributed by atoms with E-state index < -0.39 is 24.9 Å². The van der Waals surface area contributed by atoms with Crippen molar-refractivity contribution in [2.75, 3.05) is 5.32 Å². The highest BCUT2D eigenvalue weighted by Gasteiger charge is 2.34. The Morgan fingerprint density at radius 3 is 1.41 bits per heavy atom. The summed E-state index contributed by atoms with van der Waals surface area (Å²) < 4.78 is 55.7. The molecular weight excluding hydrogens is 829 g/mol. The van der Waals surface area contributed by atoms with Crippen molar-refractivity contribution in [2.24, 2.45) is 4.99 Å². The molecule has 1 N–H and O–H groups in total. The summed E-state index contributed by atoms with van der Waals surface area (Å²) in [6.07, 6.45) is 0.880. The molecule has 0 aromatic heterocycles. The molecule has 0 aliphatic heterocycles. The molecule has 6 nitrogen and oxygen atoms in total. The smallest absolute Gasteiger partial charge is 0.208 e. The van der Waals surface area contributed by atoms with Crippen molar-refractivity contribution in [1.29, 1.82) is 0 Å². The number of hydrogen-bond acceptors (Lipinski definition) is 6. The highest BCUT2D eigenvalue weighted by molar-refractivity contribution is 8.00. The van der Waals surface area contributed by atoms with Gasteiger partial charge >= 0.3 is 0 Å². The zero-order chi connectivity index (χ0) is 44.8. The number of anilines is 1. The Balaban J connectivity index is 0.000000191. The van der Waals surface area contributed by atoms with Gasteiger partial charge < -0.3 is 5.32 Å². The molecule has 8 aromatic carbocycles. The number of sulfone groups is 2. The Hall–Kier alpha value is -7.13. The van der Waals surface area contributed by atoms with Gasteiger partial charge in [-0.1, -0.05) is 193 Å². The monoisotopic (exact) mass is 878 g/mol. The number of aliphatic imine (C=N–C) groups is 1. The first-order valence-corrected chi connectivity index (χ1v) is 24.1. The molecule has 0 heterocycles. The zero-order valence-corrected chi connectivity index (χ0v) is 37.5. The number of hydrogen-bond donors (Lipinski definition) is 1. The van der Waals surface area contributed by atoms with E-state index >= 15 is 0 Å². The molecule has 320 valence electrons. The third-order valence-corrected chi connectivity index (χ3v) is 14.5. The highest BCUT2D eigenvalue weighted by atomic mass is 32.2. The maximum absolute atomic E-state index is 13.9. The SMILES string of the molecule is Cc1ccc(N/C(Cc2ccccc2)=C(/c2ccccc2)S(=O)(=O)c2ccccc2)cc1.Cc1ccc(N=C(Cc2ccccc2)C(c2ccccc2)S(=O)(=O)c2ccccc2)cc1. The van der Waals surface area contributed by atoms with Crippen LogP contribution in [-0.2, 0) is 32.5 Å². The summed E-state index contributed by atoms with van der Waals surface area (Å²) in [6.45, 7) is 4.05. The number of nitrogens with one attached hydrogen (secondary N) is 1. The van der Waals surface area contributed by atoms with Gasteiger partial charge in [0.1, 0.15) is 5.25 Å². The predicted octanol–water partition coefficient (Wildman–Crippen LogP) is 13.0. The van der Waals surface area contributed by atoms with Crippen LogP contribution in [-0.4, -0.2) is 22.5 Å². The molecule has 0 radical (unpaired) electrons. The number of rotatable bonds is 14. The maximum Gasteiger partial charge on any atom is 0.208 e. The van der Waals surface area contributed by atoms with Crippen LogP contribution in [0.1, 0.15) is 38.6 Å².